The first-order valence-corrected chi connectivity index (χ1v) is 6.19. The van der Waals surface area contributed by atoms with Gasteiger partial charge in [0.2, 0.25) is 0 Å². The third kappa shape index (κ3) is 5.80. The Hall–Kier alpha value is -0.160. The third-order valence-electron chi connectivity index (χ3n) is 3.05. The van der Waals surface area contributed by atoms with Gasteiger partial charge in [-0.15, -0.1) is 0 Å². The van der Waals surface area contributed by atoms with Crippen molar-refractivity contribution in [2.75, 3.05) is 59.9 Å². The molecule has 1 rings (SSSR count). The van der Waals surface area contributed by atoms with Gasteiger partial charge in [-0.1, -0.05) is 0 Å². The van der Waals surface area contributed by atoms with Gasteiger partial charge in [0.25, 0.3) is 0 Å². The molecule has 96 valence electrons. The highest BCUT2D eigenvalue weighted by molar-refractivity contribution is 4.73. The number of hydrogen-bond donors (Lipinski definition) is 1. The van der Waals surface area contributed by atoms with E-state index in [1.54, 1.807) is 0 Å². The number of piperazine rings is 1. The molecule has 0 amide bonds. The first-order chi connectivity index (χ1) is 7.37. The molecule has 1 saturated heterocycles. The van der Waals surface area contributed by atoms with Crippen LogP contribution < -0.4 is 0 Å². The number of aliphatic hydroxyl groups is 1. The number of rotatable bonds is 5. The van der Waals surface area contributed by atoms with Crippen LogP contribution in [-0.2, 0) is 0 Å². The Morgan fingerprint density at radius 3 is 2.25 bits per heavy atom. The third-order valence-corrected chi connectivity index (χ3v) is 3.05. The smallest absolute Gasteiger partial charge is 0.0718 e. The molecule has 1 fully saturated rings. The largest absolute Gasteiger partial charge is 0.389 e. The molecule has 0 aliphatic carbocycles. The molecule has 0 saturated carbocycles. The van der Waals surface area contributed by atoms with Crippen LogP contribution in [0.1, 0.15) is 13.8 Å². The van der Waals surface area contributed by atoms with Crippen LogP contribution in [0.5, 0.6) is 0 Å². The van der Waals surface area contributed by atoms with Crippen LogP contribution >= 0.6 is 0 Å². The minimum absolute atomic E-state index is 0.586. The monoisotopic (exact) mass is 229 g/mol. The summed E-state index contributed by atoms with van der Waals surface area (Å²) in [6.07, 6.45) is 0. The topological polar surface area (TPSA) is 30.0 Å². The summed E-state index contributed by atoms with van der Waals surface area (Å²) in [4.78, 5) is 7.08. The molecule has 0 radical (unpaired) electrons. The van der Waals surface area contributed by atoms with Crippen LogP contribution in [0.2, 0.25) is 0 Å². The van der Waals surface area contributed by atoms with Gasteiger partial charge in [0, 0.05) is 45.8 Å². The molecule has 1 N–H and O–H groups in total. The zero-order valence-corrected chi connectivity index (χ0v) is 11.2. The lowest BCUT2D eigenvalue weighted by atomic mass is 10.1. The van der Waals surface area contributed by atoms with Gasteiger partial charge in [0.1, 0.15) is 0 Å². The molecule has 0 aromatic heterocycles. The lowest BCUT2D eigenvalue weighted by molar-refractivity contribution is 0.0399. The zero-order chi connectivity index (χ0) is 12.2. The van der Waals surface area contributed by atoms with E-state index in [4.69, 9.17) is 0 Å². The molecular weight excluding hydrogens is 202 g/mol. The highest BCUT2D eigenvalue weighted by Crippen LogP contribution is 2.04. The van der Waals surface area contributed by atoms with Crippen LogP contribution in [0, 0.1) is 0 Å². The van der Waals surface area contributed by atoms with Crippen LogP contribution in [0.4, 0.5) is 0 Å². The van der Waals surface area contributed by atoms with Crippen molar-refractivity contribution in [3.63, 3.8) is 0 Å². The second kappa shape index (κ2) is 5.96. The van der Waals surface area contributed by atoms with Gasteiger partial charge in [0.05, 0.1) is 5.60 Å². The summed E-state index contributed by atoms with van der Waals surface area (Å²) >= 11 is 0. The Morgan fingerprint density at radius 2 is 1.75 bits per heavy atom. The van der Waals surface area contributed by atoms with Crippen molar-refractivity contribution < 1.29 is 5.11 Å². The molecule has 4 nitrogen and oxygen atoms in total. The Kier molecular flexibility index (Phi) is 5.18. The summed E-state index contributed by atoms with van der Waals surface area (Å²) in [6.45, 7) is 11.3. The summed E-state index contributed by atoms with van der Waals surface area (Å²) in [5.41, 5.74) is -0.586. The molecule has 4 heteroatoms. The van der Waals surface area contributed by atoms with E-state index in [-0.39, 0.29) is 0 Å². The molecule has 0 spiro atoms. The average molecular weight is 229 g/mol. The summed E-state index contributed by atoms with van der Waals surface area (Å²) < 4.78 is 0. The quantitative estimate of drug-likeness (QED) is 0.715. The molecule has 1 heterocycles. The average Bonchev–Trinajstić information content (AvgIpc) is 2.14. The lowest BCUT2D eigenvalue weighted by Gasteiger charge is -2.34. The maximum Gasteiger partial charge on any atom is 0.0718 e. The van der Waals surface area contributed by atoms with Gasteiger partial charge in [-0.3, -0.25) is 4.90 Å². The van der Waals surface area contributed by atoms with Crippen molar-refractivity contribution in [1.82, 2.24) is 14.7 Å². The predicted molar refractivity (Wildman–Crippen MR) is 67.7 cm³/mol. The first-order valence-electron chi connectivity index (χ1n) is 6.19. The minimum atomic E-state index is -0.586. The summed E-state index contributed by atoms with van der Waals surface area (Å²) in [5, 5.41) is 9.70. The van der Waals surface area contributed by atoms with Gasteiger partial charge < -0.3 is 14.9 Å². The van der Waals surface area contributed by atoms with E-state index in [1.807, 2.05) is 13.8 Å². The molecule has 16 heavy (non-hydrogen) atoms. The van der Waals surface area contributed by atoms with Gasteiger partial charge in [-0.05, 0) is 27.9 Å². The van der Waals surface area contributed by atoms with Crippen molar-refractivity contribution in [1.29, 1.82) is 0 Å². The molecule has 0 atom stereocenters. The molecule has 0 aromatic carbocycles. The van der Waals surface area contributed by atoms with E-state index in [0.29, 0.717) is 0 Å². The van der Waals surface area contributed by atoms with Crippen molar-refractivity contribution >= 4 is 0 Å². The first kappa shape index (κ1) is 13.9. The van der Waals surface area contributed by atoms with E-state index in [2.05, 4.69) is 28.8 Å². The fourth-order valence-electron chi connectivity index (χ4n) is 2.12. The number of hydrogen-bond acceptors (Lipinski definition) is 4. The van der Waals surface area contributed by atoms with Crippen LogP contribution in [0.25, 0.3) is 0 Å². The van der Waals surface area contributed by atoms with E-state index < -0.39 is 5.60 Å². The molecule has 0 unspecified atom stereocenters. The second-order valence-corrected chi connectivity index (χ2v) is 5.70. The highest BCUT2D eigenvalue weighted by atomic mass is 16.3. The molecule has 0 aromatic rings. The Morgan fingerprint density at radius 1 is 1.19 bits per heavy atom. The summed E-state index contributed by atoms with van der Waals surface area (Å²) in [7, 11) is 4.26. The summed E-state index contributed by atoms with van der Waals surface area (Å²) in [6, 6.07) is 0. The molecule has 0 bridgehead atoms. The van der Waals surface area contributed by atoms with Gasteiger partial charge in [-0.25, -0.2) is 0 Å². The summed E-state index contributed by atoms with van der Waals surface area (Å²) in [5.74, 6) is 0. The normalized spacial score (nSPS) is 20.6. The fraction of sp³-hybridized carbons (Fsp3) is 1.00. The maximum absolute atomic E-state index is 9.70. The van der Waals surface area contributed by atoms with E-state index in [9.17, 15) is 5.11 Å². The maximum atomic E-state index is 9.70. The fourth-order valence-corrected chi connectivity index (χ4v) is 2.12. The van der Waals surface area contributed by atoms with Crippen LogP contribution in [-0.4, -0.2) is 85.3 Å². The zero-order valence-electron chi connectivity index (χ0n) is 11.2. The minimum Gasteiger partial charge on any atom is -0.389 e. The predicted octanol–water partition coefficient (Wildman–Crippen LogP) is -0.0635. The Bertz CT molecular complexity index is 195. The van der Waals surface area contributed by atoms with Gasteiger partial charge >= 0.3 is 0 Å². The lowest BCUT2D eigenvalue weighted by Crippen LogP contribution is -2.47. The van der Waals surface area contributed by atoms with Crippen LogP contribution in [0.3, 0.4) is 0 Å². The van der Waals surface area contributed by atoms with Crippen molar-refractivity contribution in [2.24, 2.45) is 0 Å². The standard InChI is InChI=1S/C12H27N3O/c1-12(2,16)11-14(4)7-10-15-8-5-13(3)6-9-15/h16H,5-11H2,1-4H3. The van der Waals surface area contributed by atoms with E-state index >= 15 is 0 Å². The molecule has 1 aliphatic rings. The Balaban J connectivity index is 2.14. The van der Waals surface area contributed by atoms with Crippen molar-refractivity contribution in [3.05, 3.63) is 0 Å². The SMILES string of the molecule is CN1CCN(CCN(C)CC(C)(C)O)CC1. The van der Waals surface area contributed by atoms with Crippen molar-refractivity contribution in [3.8, 4) is 0 Å². The Labute approximate surface area is 99.8 Å². The van der Waals surface area contributed by atoms with Gasteiger partial charge in [-0.2, -0.15) is 0 Å². The highest BCUT2D eigenvalue weighted by Gasteiger charge is 2.17. The number of nitrogens with zero attached hydrogens (tertiary/aromatic N) is 3. The van der Waals surface area contributed by atoms with Crippen molar-refractivity contribution in [2.45, 2.75) is 19.4 Å². The van der Waals surface area contributed by atoms with E-state index in [1.165, 1.54) is 26.2 Å². The molecule has 1 aliphatic heterocycles. The number of likely N-dealkylation sites (N-methyl/N-ethyl adjacent to an activating group) is 2. The van der Waals surface area contributed by atoms with Gasteiger partial charge in [0.15, 0.2) is 0 Å². The van der Waals surface area contributed by atoms with Crippen LogP contribution in [0.15, 0.2) is 0 Å². The second-order valence-electron chi connectivity index (χ2n) is 5.70. The van der Waals surface area contributed by atoms with E-state index in [0.717, 1.165) is 19.6 Å². The molecular formula is C12H27N3O.